The molecular formula is C27H33NO4. The van der Waals surface area contributed by atoms with E-state index in [1.807, 2.05) is 18.2 Å². The maximum absolute atomic E-state index is 11.4. The largest absolute Gasteiger partial charge is 0.494 e. The highest BCUT2D eigenvalue weighted by Crippen LogP contribution is 2.51. The molecule has 2 aromatic rings. The van der Waals surface area contributed by atoms with E-state index in [9.17, 15) is 4.79 Å². The van der Waals surface area contributed by atoms with Gasteiger partial charge in [0.1, 0.15) is 5.75 Å². The molecule has 1 heterocycles. The summed E-state index contributed by atoms with van der Waals surface area (Å²) < 4.78 is 16.8. The maximum Gasteiger partial charge on any atom is 0.308 e. The van der Waals surface area contributed by atoms with Gasteiger partial charge in [0.15, 0.2) is 11.5 Å². The summed E-state index contributed by atoms with van der Waals surface area (Å²) in [7, 11) is 1.60. The van der Waals surface area contributed by atoms with E-state index in [1.165, 1.54) is 31.7 Å². The van der Waals surface area contributed by atoms with Crippen LogP contribution in [0.2, 0.25) is 0 Å². The second-order valence-electron chi connectivity index (χ2n) is 8.64. The molecule has 5 heteroatoms. The van der Waals surface area contributed by atoms with E-state index in [-0.39, 0.29) is 12.0 Å². The van der Waals surface area contributed by atoms with Gasteiger partial charge in [-0.25, -0.2) is 0 Å². The Labute approximate surface area is 190 Å². The first-order valence-corrected chi connectivity index (χ1v) is 11.7. The topological polar surface area (TPSA) is 56.8 Å². The predicted molar refractivity (Wildman–Crippen MR) is 127 cm³/mol. The molecule has 0 saturated carbocycles. The van der Waals surface area contributed by atoms with Gasteiger partial charge in [0.25, 0.3) is 0 Å². The quantitative estimate of drug-likeness (QED) is 0.214. The van der Waals surface area contributed by atoms with E-state index in [4.69, 9.17) is 14.2 Å². The number of carbonyl (C=O) groups excluding carboxylic acids is 1. The molecule has 1 aliphatic carbocycles. The monoisotopic (exact) mass is 435 g/mol. The van der Waals surface area contributed by atoms with Gasteiger partial charge in [-0.2, -0.15) is 0 Å². The van der Waals surface area contributed by atoms with E-state index >= 15 is 0 Å². The molecule has 2 aromatic carbocycles. The smallest absolute Gasteiger partial charge is 0.308 e. The molecule has 0 radical (unpaired) electrons. The summed E-state index contributed by atoms with van der Waals surface area (Å²) in [5.74, 6) is 2.36. The summed E-state index contributed by atoms with van der Waals surface area (Å²) >= 11 is 0. The number of ether oxygens (including phenoxy) is 3. The standard InChI is InChI=1S/C27H33NO4/c1-4-5-6-7-15-31-20-12-13-24-23(17-20)21-9-8-10-22(21)27(28-24)19-11-14-25(32-18(2)29)26(16-19)30-3/h8-9,11-14,16-17,21-22,27-28H,4-7,10,15H2,1-3H3. The summed E-state index contributed by atoms with van der Waals surface area (Å²) in [5.41, 5.74) is 3.57. The average Bonchev–Trinajstić information content (AvgIpc) is 3.29. The van der Waals surface area contributed by atoms with Gasteiger partial charge in [-0.05, 0) is 60.2 Å². The Morgan fingerprint density at radius 2 is 1.97 bits per heavy atom. The van der Waals surface area contributed by atoms with Crippen LogP contribution in [0.25, 0.3) is 0 Å². The Bertz CT molecular complexity index is 984. The molecule has 0 saturated heterocycles. The lowest BCUT2D eigenvalue weighted by atomic mass is 9.77. The molecule has 0 spiro atoms. The van der Waals surface area contributed by atoms with E-state index < -0.39 is 0 Å². The van der Waals surface area contributed by atoms with E-state index in [1.54, 1.807) is 7.11 Å². The normalized spacial score (nSPS) is 20.8. The van der Waals surface area contributed by atoms with Crippen molar-refractivity contribution >= 4 is 11.7 Å². The molecule has 4 rings (SSSR count). The number of esters is 1. The van der Waals surface area contributed by atoms with Crippen LogP contribution >= 0.6 is 0 Å². The van der Waals surface area contributed by atoms with E-state index in [0.29, 0.717) is 23.3 Å². The van der Waals surface area contributed by atoms with E-state index in [2.05, 4.69) is 42.6 Å². The van der Waals surface area contributed by atoms with Crippen molar-refractivity contribution in [3.05, 3.63) is 59.7 Å². The van der Waals surface area contributed by atoms with Gasteiger partial charge >= 0.3 is 5.97 Å². The molecule has 3 unspecified atom stereocenters. The Morgan fingerprint density at radius 3 is 2.75 bits per heavy atom. The maximum atomic E-state index is 11.4. The number of unbranched alkanes of at least 4 members (excludes halogenated alkanes) is 3. The number of anilines is 1. The molecular weight excluding hydrogens is 402 g/mol. The minimum Gasteiger partial charge on any atom is -0.494 e. The third kappa shape index (κ3) is 4.77. The minimum atomic E-state index is -0.357. The fourth-order valence-corrected chi connectivity index (χ4v) is 4.83. The highest BCUT2D eigenvalue weighted by Gasteiger charge is 2.38. The van der Waals surface area contributed by atoms with Gasteiger partial charge in [0.05, 0.1) is 19.8 Å². The molecule has 3 atom stereocenters. The lowest BCUT2D eigenvalue weighted by Crippen LogP contribution is -2.29. The molecule has 0 fully saturated rings. The lowest BCUT2D eigenvalue weighted by Gasteiger charge is -2.37. The Morgan fingerprint density at radius 1 is 1.09 bits per heavy atom. The van der Waals surface area contributed by atoms with Crippen LogP contribution in [0.3, 0.4) is 0 Å². The second kappa shape index (κ2) is 10.1. The van der Waals surface area contributed by atoms with Crippen molar-refractivity contribution in [3.8, 4) is 17.2 Å². The number of rotatable bonds is 9. The van der Waals surface area contributed by atoms with Crippen LogP contribution in [-0.2, 0) is 4.79 Å². The molecule has 32 heavy (non-hydrogen) atoms. The second-order valence-corrected chi connectivity index (χ2v) is 8.64. The van der Waals surface area contributed by atoms with Crippen LogP contribution in [-0.4, -0.2) is 19.7 Å². The summed E-state index contributed by atoms with van der Waals surface area (Å²) in [6, 6.07) is 12.4. The molecule has 170 valence electrons. The van der Waals surface area contributed by atoms with Gasteiger partial charge < -0.3 is 19.5 Å². The molecule has 0 aromatic heterocycles. The fraction of sp³-hybridized carbons (Fsp3) is 0.444. The fourth-order valence-electron chi connectivity index (χ4n) is 4.83. The number of hydrogen-bond acceptors (Lipinski definition) is 5. The first-order valence-electron chi connectivity index (χ1n) is 11.7. The number of carbonyl (C=O) groups is 1. The molecule has 1 aliphatic heterocycles. The molecule has 1 N–H and O–H groups in total. The summed E-state index contributed by atoms with van der Waals surface area (Å²) in [5, 5.41) is 3.75. The van der Waals surface area contributed by atoms with Gasteiger partial charge in [-0.15, -0.1) is 0 Å². The minimum absolute atomic E-state index is 0.142. The average molecular weight is 436 g/mol. The van der Waals surface area contributed by atoms with E-state index in [0.717, 1.165) is 36.4 Å². The molecule has 0 amide bonds. The van der Waals surface area contributed by atoms with Crippen molar-refractivity contribution in [3.63, 3.8) is 0 Å². The van der Waals surface area contributed by atoms with Crippen molar-refractivity contribution in [2.45, 2.75) is 57.9 Å². The third-order valence-corrected chi connectivity index (χ3v) is 6.40. The van der Waals surface area contributed by atoms with Crippen LogP contribution in [0.4, 0.5) is 5.69 Å². The zero-order valence-corrected chi connectivity index (χ0v) is 19.2. The SMILES string of the molecule is CCCCCCOc1ccc2c(c1)C1C=CCC1C(c1ccc(OC(C)=O)c(OC)c1)N2. The van der Waals surface area contributed by atoms with Crippen molar-refractivity contribution in [1.82, 2.24) is 0 Å². The summed E-state index contributed by atoms with van der Waals surface area (Å²) in [4.78, 5) is 11.4. The van der Waals surface area contributed by atoms with Crippen LogP contribution in [0, 0.1) is 5.92 Å². The van der Waals surface area contributed by atoms with Crippen LogP contribution in [0.5, 0.6) is 17.2 Å². The number of nitrogens with one attached hydrogen (secondary N) is 1. The van der Waals surface area contributed by atoms with Crippen LogP contribution in [0.1, 0.15) is 69.0 Å². The Hall–Kier alpha value is -2.95. The first-order chi connectivity index (χ1) is 15.6. The summed E-state index contributed by atoms with van der Waals surface area (Å²) in [6.45, 7) is 4.39. The van der Waals surface area contributed by atoms with Crippen molar-refractivity contribution < 1.29 is 19.0 Å². The molecule has 5 nitrogen and oxygen atoms in total. The number of fused-ring (bicyclic) bond motifs is 3. The van der Waals surface area contributed by atoms with Crippen LogP contribution in [0.15, 0.2) is 48.6 Å². The zero-order valence-electron chi connectivity index (χ0n) is 19.2. The first kappa shape index (κ1) is 22.3. The van der Waals surface area contributed by atoms with Crippen LogP contribution < -0.4 is 19.5 Å². The van der Waals surface area contributed by atoms with Gasteiger partial charge in [0, 0.05) is 18.5 Å². The van der Waals surface area contributed by atoms with Crippen molar-refractivity contribution in [2.24, 2.45) is 5.92 Å². The number of hydrogen-bond donors (Lipinski definition) is 1. The number of methoxy groups -OCH3 is 1. The molecule has 0 bridgehead atoms. The lowest BCUT2D eigenvalue weighted by molar-refractivity contribution is -0.132. The molecule has 2 aliphatic rings. The van der Waals surface area contributed by atoms with Crippen molar-refractivity contribution in [1.29, 1.82) is 0 Å². The number of benzene rings is 2. The van der Waals surface area contributed by atoms with Gasteiger partial charge in [-0.3, -0.25) is 4.79 Å². The highest BCUT2D eigenvalue weighted by atomic mass is 16.6. The Kier molecular flexibility index (Phi) is 7.03. The summed E-state index contributed by atoms with van der Waals surface area (Å²) in [6.07, 6.45) is 10.4. The number of allylic oxidation sites excluding steroid dienone is 2. The van der Waals surface area contributed by atoms with Gasteiger partial charge in [0.2, 0.25) is 0 Å². The Balaban J connectivity index is 1.54. The highest BCUT2D eigenvalue weighted by molar-refractivity contribution is 5.70. The van der Waals surface area contributed by atoms with Crippen molar-refractivity contribution in [2.75, 3.05) is 19.0 Å². The van der Waals surface area contributed by atoms with Gasteiger partial charge in [-0.1, -0.05) is 44.4 Å². The third-order valence-electron chi connectivity index (χ3n) is 6.40. The zero-order chi connectivity index (χ0) is 22.5. The predicted octanol–water partition coefficient (Wildman–Crippen LogP) is 6.41.